The molecule has 0 aromatic heterocycles. The molecule has 1 aliphatic rings. The van der Waals surface area contributed by atoms with Gasteiger partial charge in [-0.1, -0.05) is 6.92 Å². The molecule has 1 aromatic rings. The monoisotopic (exact) mass is 583 g/mol. The minimum Gasteiger partial charge on any atom is -0.491 e. The average Bonchev–Trinajstić information content (AvgIpc) is 3.08. The van der Waals surface area contributed by atoms with Crippen LogP contribution in [0, 0.1) is 16.6 Å². The van der Waals surface area contributed by atoms with E-state index in [0.717, 1.165) is 24.9 Å². The fraction of sp³-hybridized carbons (Fsp3) is 0.538. The first-order valence-electron chi connectivity index (χ1n) is 6.07. The summed E-state index contributed by atoms with van der Waals surface area (Å²) in [7, 11) is 0. The van der Waals surface area contributed by atoms with E-state index in [-0.39, 0.29) is 0 Å². The van der Waals surface area contributed by atoms with Gasteiger partial charge in [-0.05, 0) is 92.7 Å². The van der Waals surface area contributed by atoms with Crippen LogP contribution in [-0.2, 0) is 0 Å². The maximum atomic E-state index is 5.98. The second kappa shape index (κ2) is 7.26. The highest BCUT2D eigenvalue weighted by molar-refractivity contribution is 14.1. The zero-order chi connectivity index (χ0) is 13.1. The molecule has 0 saturated heterocycles. The van der Waals surface area contributed by atoms with E-state index in [9.17, 15) is 0 Å². The Morgan fingerprint density at radius 1 is 1.28 bits per heavy atom. The molecule has 0 amide bonds. The normalized spacial score (nSPS) is 16.7. The molecule has 1 fully saturated rings. The van der Waals surface area contributed by atoms with Crippen LogP contribution in [0.5, 0.6) is 5.75 Å². The number of ether oxygens (including phenoxy) is 1. The zero-order valence-electron chi connectivity index (χ0n) is 10.2. The summed E-state index contributed by atoms with van der Waals surface area (Å²) in [5.74, 6) is 1.59. The zero-order valence-corrected chi connectivity index (χ0v) is 16.7. The maximum absolute atomic E-state index is 5.98. The van der Waals surface area contributed by atoms with Gasteiger partial charge in [0.05, 0.1) is 13.7 Å². The second-order valence-electron chi connectivity index (χ2n) is 4.80. The molecule has 2 nitrogen and oxygen atoms in total. The van der Waals surface area contributed by atoms with Crippen LogP contribution in [0.2, 0.25) is 0 Å². The van der Waals surface area contributed by atoms with Crippen molar-refractivity contribution in [1.82, 2.24) is 5.32 Å². The number of hydrogen-bond donors (Lipinski definition) is 1. The molecule has 0 bridgehead atoms. The molecule has 18 heavy (non-hydrogen) atoms. The Morgan fingerprint density at radius 2 is 1.89 bits per heavy atom. The first kappa shape index (κ1) is 15.6. The van der Waals surface area contributed by atoms with Crippen molar-refractivity contribution >= 4 is 67.8 Å². The Labute approximate surface area is 149 Å². The fourth-order valence-corrected chi connectivity index (χ4v) is 5.50. The van der Waals surface area contributed by atoms with Gasteiger partial charge in [0, 0.05) is 22.1 Å². The fourth-order valence-electron chi connectivity index (χ4n) is 1.61. The molecule has 1 atom stereocenters. The van der Waals surface area contributed by atoms with E-state index in [1.54, 1.807) is 0 Å². The van der Waals surface area contributed by atoms with Gasteiger partial charge in [0.2, 0.25) is 0 Å². The molecule has 1 N–H and O–H groups in total. The summed E-state index contributed by atoms with van der Waals surface area (Å²) in [5, 5.41) is 3.55. The third-order valence-corrected chi connectivity index (χ3v) is 5.03. The molecule has 1 aliphatic carbocycles. The molecule has 0 spiro atoms. The molecule has 1 saturated carbocycles. The van der Waals surface area contributed by atoms with E-state index in [2.05, 4.69) is 92.1 Å². The minimum absolute atomic E-state index is 0.552. The molecule has 0 radical (unpaired) electrons. The maximum Gasteiger partial charge on any atom is 0.146 e. The van der Waals surface area contributed by atoms with E-state index < -0.39 is 0 Å². The first-order chi connectivity index (χ1) is 8.56. The highest BCUT2D eigenvalue weighted by Crippen LogP contribution is 2.29. The Balaban J connectivity index is 1.84. The van der Waals surface area contributed by atoms with E-state index in [4.69, 9.17) is 4.74 Å². The summed E-state index contributed by atoms with van der Waals surface area (Å²) in [4.78, 5) is 0. The van der Waals surface area contributed by atoms with Gasteiger partial charge in [-0.2, -0.15) is 0 Å². The Hall–Kier alpha value is 1.17. The highest BCUT2D eigenvalue weighted by atomic mass is 127. The largest absolute Gasteiger partial charge is 0.491 e. The quantitative estimate of drug-likeness (QED) is 0.506. The summed E-state index contributed by atoms with van der Waals surface area (Å²) in [5.41, 5.74) is 0. The second-order valence-corrected chi connectivity index (χ2v) is 8.37. The molecule has 0 heterocycles. The number of benzene rings is 1. The summed E-state index contributed by atoms with van der Waals surface area (Å²) < 4.78 is 9.64. The van der Waals surface area contributed by atoms with Crippen LogP contribution in [-0.4, -0.2) is 19.2 Å². The minimum atomic E-state index is 0.552. The number of rotatable bonds is 6. The smallest absolute Gasteiger partial charge is 0.146 e. The van der Waals surface area contributed by atoms with Crippen molar-refractivity contribution in [3.63, 3.8) is 0 Å². The summed E-state index contributed by atoms with van der Waals surface area (Å²) in [6.07, 6.45) is 2.70. The van der Waals surface area contributed by atoms with E-state index in [0.29, 0.717) is 5.92 Å². The van der Waals surface area contributed by atoms with Crippen molar-refractivity contribution in [2.24, 2.45) is 5.92 Å². The molecule has 100 valence electrons. The number of nitrogens with one attached hydrogen (secondary N) is 1. The third-order valence-electron chi connectivity index (χ3n) is 2.81. The van der Waals surface area contributed by atoms with Crippen LogP contribution >= 0.6 is 67.8 Å². The van der Waals surface area contributed by atoms with Crippen LogP contribution in [0.1, 0.15) is 19.8 Å². The van der Waals surface area contributed by atoms with E-state index >= 15 is 0 Å². The Bertz CT molecular complexity index is 398. The third kappa shape index (κ3) is 4.93. The molecular weight excluding hydrogens is 567 g/mol. The van der Waals surface area contributed by atoms with Gasteiger partial charge in [0.1, 0.15) is 5.75 Å². The topological polar surface area (TPSA) is 21.3 Å². The molecular formula is C13H16I3NO. The summed E-state index contributed by atoms with van der Waals surface area (Å²) >= 11 is 7.04. The van der Waals surface area contributed by atoms with Gasteiger partial charge in [0.15, 0.2) is 0 Å². The van der Waals surface area contributed by atoms with Crippen molar-refractivity contribution in [2.75, 3.05) is 13.2 Å². The van der Waals surface area contributed by atoms with Crippen molar-refractivity contribution in [1.29, 1.82) is 0 Å². The van der Waals surface area contributed by atoms with Gasteiger partial charge in [0.25, 0.3) is 0 Å². The molecule has 0 aliphatic heterocycles. The summed E-state index contributed by atoms with van der Waals surface area (Å²) in [6.45, 7) is 4.08. The van der Waals surface area contributed by atoms with Crippen LogP contribution in [0.15, 0.2) is 12.1 Å². The van der Waals surface area contributed by atoms with Crippen molar-refractivity contribution in [3.8, 4) is 5.75 Å². The molecule has 5 heteroatoms. The Kier molecular flexibility index (Phi) is 6.27. The standard InChI is InChI=1S/C13H16I3NO/c1-8(6-17-10-2-3-10)7-18-13-11(15)4-9(14)5-12(13)16/h4-5,8,10,17H,2-3,6-7H2,1H3. The predicted octanol–water partition coefficient (Wildman–Crippen LogP) is 4.27. The van der Waals surface area contributed by atoms with Crippen LogP contribution in [0.3, 0.4) is 0 Å². The van der Waals surface area contributed by atoms with E-state index in [1.807, 2.05) is 0 Å². The van der Waals surface area contributed by atoms with Crippen LogP contribution in [0.25, 0.3) is 0 Å². The lowest BCUT2D eigenvalue weighted by molar-refractivity contribution is 0.252. The lowest BCUT2D eigenvalue weighted by Gasteiger charge is -2.16. The molecule has 1 unspecified atom stereocenters. The van der Waals surface area contributed by atoms with Crippen molar-refractivity contribution < 1.29 is 4.74 Å². The van der Waals surface area contributed by atoms with Crippen molar-refractivity contribution in [2.45, 2.75) is 25.8 Å². The number of hydrogen-bond acceptors (Lipinski definition) is 2. The Morgan fingerprint density at radius 3 is 2.44 bits per heavy atom. The lowest BCUT2D eigenvalue weighted by atomic mass is 10.2. The van der Waals surface area contributed by atoms with Gasteiger partial charge in [-0.15, -0.1) is 0 Å². The van der Waals surface area contributed by atoms with Gasteiger partial charge in [-0.25, -0.2) is 0 Å². The van der Waals surface area contributed by atoms with Crippen LogP contribution in [0.4, 0.5) is 0 Å². The first-order valence-corrected chi connectivity index (χ1v) is 9.30. The lowest BCUT2D eigenvalue weighted by Crippen LogP contribution is -2.26. The summed E-state index contributed by atoms with van der Waals surface area (Å²) in [6, 6.07) is 5.10. The van der Waals surface area contributed by atoms with Crippen LogP contribution < -0.4 is 10.1 Å². The number of halogens is 3. The van der Waals surface area contributed by atoms with Gasteiger partial charge >= 0.3 is 0 Å². The van der Waals surface area contributed by atoms with Crippen molar-refractivity contribution in [3.05, 3.63) is 22.8 Å². The van der Waals surface area contributed by atoms with Gasteiger partial charge in [-0.3, -0.25) is 0 Å². The molecule has 1 aromatic carbocycles. The molecule has 2 rings (SSSR count). The highest BCUT2D eigenvalue weighted by Gasteiger charge is 2.21. The van der Waals surface area contributed by atoms with Gasteiger partial charge < -0.3 is 10.1 Å². The van der Waals surface area contributed by atoms with E-state index in [1.165, 1.54) is 23.6 Å². The predicted molar refractivity (Wildman–Crippen MR) is 100 cm³/mol. The SMILES string of the molecule is CC(CNC1CC1)COc1c(I)cc(I)cc1I. The average molecular weight is 583 g/mol.